The number of hydrogen-bond acceptors (Lipinski definition) is 14. The van der Waals surface area contributed by atoms with E-state index < -0.39 is 21.6 Å². The minimum Gasteiger partial charge on any atom is -0.508 e. The fourth-order valence-corrected chi connectivity index (χ4v) is 5.85. The van der Waals surface area contributed by atoms with Crippen molar-refractivity contribution in [3.05, 3.63) is 204 Å². The number of rotatable bonds is 14. The maximum Gasteiger partial charge on any atom is 0.534 e. The van der Waals surface area contributed by atoms with E-state index in [2.05, 4.69) is 64.9 Å². The molecule has 21 heteroatoms. The van der Waals surface area contributed by atoms with Crippen LogP contribution >= 0.6 is 0 Å². The average molecular weight is 1770 g/mol. The summed E-state index contributed by atoms with van der Waals surface area (Å²) in [4.78, 5) is 61.8. The minimum absolute atomic E-state index is 0. The molecule has 0 saturated heterocycles. The summed E-state index contributed by atoms with van der Waals surface area (Å²) in [6.45, 7) is 57.2. The van der Waals surface area contributed by atoms with Crippen LogP contribution in [0.4, 0.5) is 13.2 Å². The summed E-state index contributed by atoms with van der Waals surface area (Å²) in [5, 5.41) is 49.5. The first-order valence-corrected chi connectivity index (χ1v) is 42.4. The number of carboxylic acids is 1. The van der Waals surface area contributed by atoms with E-state index in [-0.39, 0.29) is 143 Å². The van der Waals surface area contributed by atoms with Gasteiger partial charge in [0.1, 0.15) is 66.8 Å². The maximum atomic E-state index is 11.8. The molecule has 0 heterocycles. The summed E-state index contributed by atoms with van der Waals surface area (Å²) in [5.41, 5.74) is -1.47. The van der Waals surface area contributed by atoms with E-state index in [0.29, 0.717) is 34.7 Å². The number of phenols is 1. The summed E-state index contributed by atoms with van der Waals surface area (Å²) in [6, 6.07) is 54.0. The topological polar surface area (TPSA) is 267 Å². The second-order valence-corrected chi connectivity index (χ2v) is 24.3. The van der Waals surface area contributed by atoms with Crippen LogP contribution in [0.5, 0.6) is 11.5 Å². The maximum absolute atomic E-state index is 11.8. The molecule has 6 rings (SSSR count). The van der Waals surface area contributed by atoms with E-state index in [1.807, 2.05) is 293 Å². The Morgan fingerprint density at radius 1 is 0.355 bits per heavy atom. The third kappa shape index (κ3) is 119. The fourth-order valence-electron chi connectivity index (χ4n) is 5.39. The predicted octanol–water partition coefficient (Wildman–Crippen LogP) is 23.8. The molecule has 6 aromatic carbocycles. The Hall–Kier alpha value is -7.36. The van der Waals surface area contributed by atoms with E-state index >= 15 is 0 Å². The van der Waals surface area contributed by atoms with E-state index in [4.69, 9.17) is 30.6 Å². The molecular formula is C100H155Ar2F3O15S. The van der Waals surface area contributed by atoms with Crippen molar-refractivity contribution < 1.29 is 161 Å². The Balaban J connectivity index is -0.0000000770. The Morgan fingerprint density at radius 2 is 0.537 bits per heavy atom. The van der Waals surface area contributed by atoms with E-state index in [0.717, 1.165) is 79.3 Å². The molecule has 15 nitrogen and oxygen atoms in total. The van der Waals surface area contributed by atoms with Gasteiger partial charge in [0, 0.05) is 134 Å². The van der Waals surface area contributed by atoms with E-state index in [1.165, 1.54) is 18.2 Å². The molecule has 0 aliphatic heterocycles. The number of aromatic hydroxyl groups is 1. The number of phenolic OH excluding ortho intramolecular Hbond substituents is 1. The Morgan fingerprint density at radius 3 is 0.653 bits per heavy atom. The number of aliphatic carboxylic acids is 1. The van der Waals surface area contributed by atoms with Gasteiger partial charge in [0.05, 0.1) is 5.92 Å². The van der Waals surface area contributed by atoms with Crippen LogP contribution in [0.25, 0.3) is 0 Å². The van der Waals surface area contributed by atoms with Gasteiger partial charge in [0.25, 0.3) is 0 Å². The molecule has 688 valence electrons. The first kappa shape index (κ1) is 148. The number of carbonyl (C=O) groups excluding carboxylic acids is 5. The molecule has 0 spiro atoms. The number of ketones is 5. The van der Waals surface area contributed by atoms with Gasteiger partial charge in [0.2, 0.25) is 0 Å². The van der Waals surface area contributed by atoms with Crippen molar-refractivity contribution in [2.75, 3.05) is 26.4 Å². The molecule has 6 unspecified atom stereocenters. The van der Waals surface area contributed by atoms with E-state index in [1.54, 1.807) is 65.8 Å². The number of alkyl halides is 3. The van der Waals surface area contributed by atoms with Crippen molar-refractivity contribution in [3.63, 3.8) is 0 Å². The quantitative estimate of drug-likeness (QED) is 0.0336. The second kappa shape index (κ2) is 117. The molecule has 121 heavy (non-hydrogen) atoms. The average Bonchev–Trinajstić information content (AvgIpc) is 0.829. The van der Waals surface area contributed by atoms with Gasteiger partial charge in [-0.15, -0.1) is 6.42 Å². The number of para-hydroxylation sites is 2. The largest absolute Gasteiger partial charge is 0.534 e. The Labute approximate surface area is 794 Å². The monoisotopic (exact) mass is 1770 g/mol. The fraction of sp³-hybridized carbons (Fsp3) is 0.480. The number of Topliss-reactive ketones (excluding diaryl/α,β-unsaturated/α-hetero) is 5. The standard InChI is InChI=1S/C10H10.3C9H8O.C7H5F3O3S.C6H6O.5C6H12O.C5H10O2.C3H4O.6C2H6.2Ar/c1-2-3-7-10-8-5-4-6-9-10;3*10-8-4-7-9-5-2-1-3-6-9;8-7(9,10)14(11,12)13-6-4-2-1-3-5-6;7-6-4-2-1-3-5-6;5*1-4-5(2)6(3)7;1-3-4(2)5(6)7;1-2-3-4;6*1-2;;/h4-6,8-9H,2H2,1H3;3*1-3,5-6,10H,8H2;1-5H;1-5,7H;5*5H,4H2,1-3H3;4H,3H2,1-2H3,(H,6,7);1,4H,3H2;6*1-2H3;;. The number of halogens is 3. The van der Waals surface area contributed by atoms with Crippen LogP contribution in [0.15, 0.2) is 182 Å². The van der Waals surface area contributed by atoms with Gasteiger partial charge in [-0.1, -0.05) is 336 Å². The number of benzene rings is 6. The molecule has 6 N–H and O–H groups in total. The number of aliphatic hydroxyl groups is 4. The molecule has 0 radical (unpaired) electrons. The Kier molecular flexibility index (Phi) is 143. The third-order valence-electron chi connectivity index (χ3n) is 14.1. The van der Waals surface area contributed by atoms with Crippen LogP contribution in [0.1, 0.15) is 275 Å². The van der Waals surface area contributed by atoms with Crippen molar-refractivity contribution in [1.29, 1.82) is 0 Å². The zero-order valence-corrected chi connectivity index (χ0v) is 81.0. The van der Waals surface area contributed by atoms with Gasteiger partial charge in [0.15, 0.2) is 0 Å². The summed E-state index contributed by atoms with van der Waals surface area (Å²) in [5.74, 6) is 26.0. The van der Waals surface area contributed by atoms with Crippen LogP contribution in [0.3, 0.4) is 0 Å². The van der Waals surface area contributed by atoms with Crippen LogP contribution in [-0.4, -0.2) is 106 Å². The normalized spacial score (nSPS) is 9.79. The zero-order valence-electron chi connectivity index (χ0n) is 78.7. The van der Waals surface area contributed by atoms with Crippen molar-refractivity contribution in [2.45, 2.75) is 258 Å². The molecule has 0 saturated carbocycles. The van der Waals surface area contributed by atoms with Crippen LogP contribution in [0, 0.1) is 171 Å². The summed E-state index contributed by atoms with van der Waals surface area (Å²) < 4.78 is 60.2. The number of hydrogen-bond donors (Lipinski definition) is 6. The predicted molar refractivity (Wildman–Crippen MR) is 497 cm³/mol. The van der Waals surface area contributed by atoms with Crippen molar-refractivity contribution in [2.24, 2.45) is 35.5 Å². The van der Waals surface area contributed by atoms with E-state index in [9.17, 15) is 50.4 Å². The van der Waals surface area contributed by atoms with Gasteiger partial charge in [-0.25, -0.2) is 0 Å². The second-order valence-electron chi connectivity index (χ2n) is 22.7. The first-order chi connectivity index (χ1) is 56.4. The van der Waals surface area contributed by atoms with Crippen LogP contribution < -0.4 is 4.18 Å². The van der Waals surface area contributed by atoms with Gasteiger partial charge in [-0.3, -0.25) is 28.8 Å². The van der Waals surface area contributed by atoms with Gasteiger partial charge >= 0.3 is 21.6 Å². The molecule has 0 aliphatic carbocycles. The zero-order chi connectivity index (χ0) is 95.5. The van der Waals surface area contributed by atoms with Crippen LogP contribution in [-0.2, 0) is 38.9 Å². The molecule has 0 aromatic heterocycles. The van der Waals surface area contributed by atoms with Gasteiger partial charge < -0.3 is 34.8 Å². The molecule has 6 atom stereocenters. The summed E-state index contributed by atoms with van der Waals surface area (Å²) in [6.07, 6.45) is 11.0. The Bertz CT molecular complexity index is 3250. The van der Waals surface area contributed by atoms with Gasteiger partial charge in [-0.05, 0) is 146 Å². The molecule has 0 amide bonds. The molecular weight excluding hydrogens is 1610 g/mol. The number of carbonyl (C=O) groups is 6. The van der Waals surface area contributed by atoms with Crippen molar-refractivity contribution >= 4 is 45.0 Å². The van der Waals surface area contributed by atoms with Crippen LogP contribution in [0.2, 0.25) is 0 Å². The molecule has 6 aromatic rings. The summed E-state index contributed by atoms with van der Waals surface area (Å²) >= 11 is 0. The first-order valence-electron chi connectivity index (χ1n) is 41.0. The number of carboxylic acid groups (broad SMARTS) is 1. The van der Waals surface area contributed by atoms with Crippen molar-refractivity contribution in [3.8, 4) is 71.2 Å². The summed E-state index contributed by atoms with van der Waals surface area (Å²) in [7, 11) is -5.55. The van der Waals surface area contributed by atoms with Crippen molar-refractivity contribution in [1.82, 2.24) is 0 Å². The number of terminal acetylenes is 1. The SMILES string of the molecule is C#CCO.CC.CC.CC.CC.CC.CC.CCC#Cc1ccccc1.CCC(C)C(=O)O.CCC(C)C(C)=O.CCC(C)C(C)=O.CCC(C)C(C)=O.CCC(C)C(C)=O.CCC(C)C(C)=O.O=S(=O)(Oc1ccccc1)C(F)(F)F.OCC#Cc1ccccc1.OCC#Cc1ccccc1.OCC#Cc1ccccc1.Oc1ccccc1.[Ar].[Ar]. The third-order valence-corrected chi connectivity index (χ3v) is 15.1. The smallest absolute Gasteiger partial charge is 0.508 e. The van der Waals surface area contributed by atoms with Gasteiger partial charge in [-0.2, -0.15) is 21.6 Å². The molecule has 0 aliphatic rings. The minimum atomic E-state index is -5.55. The molecule has 0 fully saturated rings. The number of aliphatic hydroxyl groups excluding tert-OH is 4. The molecule has 0 bridgehead atoms.